The molecule has 0 aromatic carbocycles. The maximum Gasteiger partial charge on any atom is 0.410 e. The molecule has 122 valence electrons. The van der Waals surface area contributed by atoms with Gasteiger partial charge in [0.25, 0.3) is 0 Å². The molecule has 0 atom stereocenters. The van der Waals surface area contributed by atoms with Crippen LogP contribution in [0.15, 0.2) is 33.4 Å². The van der Waals surface area contributed by atoms with Gasteiger partial charge in [0.15, 0.2) is 5.76 Å². The Labute approximate surface area is 132 Å². The summed E-state index contributed by atoms with van der Waals surface area (Å²) in [6.45, 7) is 3.53. The van der Waals surface area contributed by atoms with Crippen molar-refractivity contribution in [2.75, 3.05) is 26.2 Å². The van der Waals surface area contributed by atoms with Crippen LogP contribution >= 0.6 is 0 Å². The molecule has 0 spiro atoms. The molecule has 1 fully saturated rings. The molecule has 0 bridgehead atoms. The highest BCUT2D eigenvalue weighted by Crippen LogP contribution is 2.20. The second-order valence-corrected chi connectivity index (χ2v) is 5.21. The maximum atomic E-state index is 12.0. The monoisotopic (exact) mass is 319 g/mol. The highest BCUT2D eigenvalue weighted by Gasteiger charge is 2.23. The van der Waals surface area contributed by atoms with Crippen LogP contribution in [-0.4, -0.2) is 53.1 Å². The zero-order valence-corrected chi connectivity index (χ0v) is 12.7. The van der Waals surface area contributed by atoms with Crippen molar-refractivity contribution in [2.24, 2.45) is 0 Å². The fourth-order valence-electron chi connectivity index (χ4n) is 2.35. The van der Waals surface area contributed by atoms with Crippen LogP contribution in [0.4, 0.5) is 4.79 Å². The first-order chi connectivity index (χ1) is 11.1. The van der Waals surface area contributed by atoms with Gasteiger partial charge in [-0.15, -0.1) is 0 Å². The van der Waals surface area contributed by atoms with Crippen LogP contribution in [0.5, 0.6) is 0 Å². The number of nitrogens with zero attached hydrogens (tertiary/aromatic N) is 3. The molecule has 1 saturated heterocycles. The first kappa shape index (κ1) is 15.1. The molecule has 8 heteroatoms. The number of amides is 2. The zero-order chi connectivity index (χ0) is 16.2. The first-order valence-electron chi connectivity index (χ1n) is 7.30. The zero-order valence-electron chi connectivity index (χ0n) is 12.7. The smallest absolute Gasteiger partial charge is 0.410 e. The van der Waals surface area contributed by atoms with Crippen LogP contribution in [0.25, 0.3) is 11.5 Å². The molecule has 1 aliphatic rings. The van der Waals surface area contributed by atoms with E-state index in [4.69, 9.17) is 13.7 Å². The summed E-state index contributed by atoms with van der Waals surface area (Å²) >= 11 is 0. The van der Waals surface area contributed by atoms with E-state index in [-0.39, 0.29) is 12.5 Å². The summed E-state index contributed by atoms with van der Waals surface area (Å²) in [5.41, 5.74) is 0.507. The fourth-order valence-corrected chi connectivity index (χ4v) is 2.35. The molecule has 0 N–H and O–H groups in total. The lowest BCUT2D eigenvalue weighted by Crippen LogP contribution is -2.50. The minimum Gasteiger partial charge on any atom is -0.461 e. The molecular weight excluding hydrogens is 302 g/mol. The molecule has 2 amide bonds. The van der Waals surface area contributed by atoms with Crippen LogP contribution in [0, 0.1) is 0 Å². The highest BCUT2D eigenvalue weighted by atomic mass is 16.6. The number of furan rings is 1. The van der Waals surface area contributed by atoms with E-state index in [0.29, 0.717) is 43.4 Å². The van der Waals surface area contributed by atoms with E-state index in [2.05, 4.69) is 5.16 Å². The van der Waals surface area contributed by atoms with Crippen LogP contribution in [0.1, 0.15) is 12.6 Å². The fraction of sp³-hybridized carbons (Fsp3) is 0.400. The Balaban J connectivity index is 1.49. The van der Waals surface area contributed by atoms with Gasteiger partial charge in [0.2, 0.25) is 11.7 Å². The topological polar surface area (TPSA) is 89.0 Å². The van der Waals surface area contributed by atoms with Crippen LogP contribution in [0.3, 0.4) is 0 Å². The number of hydrogen-bond donors (Lipinski definition) is 0. The van der Waals surface area contributed by atoms with Gasteiger partial charge in [0, 0.05) is 39.2 Å². The largest absolute Gasteiger partial charge is 0.461 e. The maximum absolute atomic E-state index is 12.0. The normalized spacial score (nSPS) is 14.8. The summed E-state index contributed by atoms with van der Waals surface area (Å²) in [4.78, 5) is 26.5. The van der Waals surface area contributed by atoms with E-state index < -0.39 is 6.09 Å². The highest BCUT2D eigenvalue weighted by molar-refractivity contribution is 5.74. The van der Waals surface area contributed by atoms with Gasteiger partial charge < -0.3 is 23.5 Å². The summed E-state index contributed by atoms with van der Waals surface area (Å²) in [6, 6.07) is 5.17. The second-order valence-electron chi connectivity index (χ2n) is 5.21. The number of carbonyl (C=O) groups excluding carboxylic acids is 2. The van der Waals surface area contributed by atoms with Crippen molar-refractivity contribution in [3.63, 3.8) is 0 Å². The quantitative estimate of drug-likeness (QED) is 0.856. The third-order valence-corrected chi connectivity index (χ3v) is 3.65. The van der Waals surface area contributed by atoms with Gasteiger partial charge in [-0.2, -0.15) is 0 Å². The lowest BCUT2D eigenvalue weighted by Gasteiger charge is -2.33. The summed E-state index contributed by atoms with van der Waals surface area (Å²) in [5, 5.41) is 3.84. The van der Waals surface area contributed by atoms with Gasteiger partial charge in [-0.3, -0.25) is 4.79 Å². The van der Waals surface area contributed by atoms with Gasteiger partial charge in [0.1, 0.15) is 12.3 Å². The molecule has 1 aliphatic heterocycles. The van der Waals surface area contributed by atoms with Crippen molar-refractivity contribution >= 4 is 12.0 Å². The number of rotatable bonds is 3. The predicted molar refractivity (Wildman–Crippen MR) is 78.2 cm³/mol. The lowest BCUT2D eigenvalue weighted by atomic mass is 10.3. The minimum atomic E-state index is -0.421. The molecule has 0 aliphatic carbocycles. The molecule has 0 radical (unpaired) electrons. The van der Waals surface area contributed by atoms with Gasteiger partial charge >= 0.3 is 6.09 Å². The van der Waals surface area contributed by atoms with Gasteiger partial charge in [-0.1, -0.05) is 5.16 Å². The molecule has 3 heterocycles. The van der Waals surface area contributed by atoms with Crippen LogP contribution < -0.4 is 0 Å². The molecule has 8 nitrogen and oxygen atoms in total. The van der Waals surface area contributed by atoms with Crippen molar-refractivity contribution in [1.29, 1.82) is 0 Å². The Hall–Kier alpha value is -2.77. The third kappa shape index (κ3) is 3.53. The Kier molecular flexibility index (Phi) is 4.31. The Morgan fingerprint density at radius 1 is 1.22 bits per heavy atom. The molecular formula is C15H17N3O5. The van der Waals surface area contributed by atoms with Gasteiger partial charge in [-0.25, -0.2) is 4.79 Å². The second kappa shape index (κ2) is 6.55. The van der Waals surface area contributed by atoms with Crippen molar-refractivity contribution < 1.29 is 23.3 Å². The van der Waals surface area contributed by atoms with E-state index in [9.17, 15) is 9.59 Å². The SMILES string of the molecule is CC(=O)N1CCN(C(=O)OCc2cc(-c3ccco3)on2)CC1. The Morgan fingerprint density at radius 2 is 1.96 bits per heavy atom. The first-order valence-corrected chi connectivity index (χ1v) is 7.30. The molecule has 3 rings (SSSR count). The van der Waals surface area contributed by atoms with E-state index >= 15 is 0 Å². The van der Waals surface area contributed by atoms with Gasteiger partial charge in [0.05, 0.1) is 6.26 Å². The third-order valence-electron chi connectivity index (χ3n) is 3.65. The van der Waals surface area contributed by atoms with Crippen molar-refractivity contribution in [3.05, 3.63) is 30.2 Å². The number of carbonyl (C=O) groups is 2. The van der Waals surface area contributed by atoms with Crippen LogP contribution in [0.2, 0.25) is 0 Å². The van der Waals surface area contributed by atoms with Crippen molar-refractivity contribution in [2.45, 2.75) is 13.5 Å². The number of piperazine rings is 1. The minimum absolute atomic E-state index is 0.0195. The average molecular weight is 319 g/mol. The predicted octanol–water partition coefficient (Wildman–Crippen LogP) is 1.74. The number of aromatic nitrogens is 1. The number of ether oxygens (including phenoxy) is 1. The van der Waals surface area contributed by atoms with E-state index in [0.717, 1.165) is 0 Å². The van der Waals surface area contributed by atoms with Gasteiger partial charge in [-0.05, 0) is 12.1 Å². The summed E-state index contributed by atoms with van der Waals surface area (Å²) < 4.78 is 15.6. The van der Waals surface area contributed by atoms with Crippen LogP contribution in [-0.2, 0) is 16.1 Å². The van der Waals surface area contributed by atoms with Crippen molar-refractivity contribution in [3.8, 4) is 11.5 Å². The molecule has 0 unspecified atom stereocenters. The summed E-state index contributed by atoms with van der Waals surface area (Å²) in [5.74, 6) is 1.07. The molecule has 0 saturated carbocycles. The standard InChI is InChI=1S/C15H17N3O5/c1-11(19)17-4-6-18(7-5-17)15(20)22-10-12-9-14(23-16-12)13-3-2-8-21-13/h2-3,8-9H,4-7,10H2,1H3. The Morgan fingerprint density at radius 3 is 2.61 bits per heavy atom. The molecule has 23 heavy (non-hydrogen) atoms. The van der Waals surface area contributed by atoms with E-state index in [1.54, 1.807) is 28.0 Å². The summed E-state index contributed by atoms with van der Waals surface area (Å²) in [6.07, 6.45) is 1.12. The van der Waals surface area contributed by atoms with Crippen molar-refractivity contribution in [1.82, 2.24) is 15.0 Å². The van der Waals surface area contributed by atoms with E-state index in [1.165, 1.54) is 13.2 Å². The summed E-state index contributed by atoms with van der Waals surface area (Å²) in [7, 11) is 0. The Bertz CT molecular complexity index is 671. The average Bonchev–Trinajstić information content (AvgIpc) is 3.23. The van der Waals surface area contributed by atoms with E-state index in [1.807, 2.05) is 0 Å². The lowest BCUT2D eigenvalue weighted by molar-refractivity contribution is -0.130. The molecule has 2 aromatic rings. The number of hydrogen-bond acceptors (Lipinski definition) is 6. The molecule has 2 aromatic heterocycles.